The molecule has 0 aromatic heterocycles. The molecule has 0 N–H and O–H groups in total. The van der Waals surface area contributed by atoms with Gasteiger partial charge in [0.05, 0.1) is 12.2 Å². The predicted molar refractivity (Wildman–Crippen MR) is 69.1 cm³/mol. The molecule has 1 aliphatic heterocycles. The third-order valence-corrected chi connectivity index (χ3v) is 3.16. The molecule has 0 bridgehead atoms. The summed E-state index contributed by atoms with van der Waals surface area (Å²) in [4.78, 5) is 13.5. The van der Waals surface area contributed by atoms with Gasteiger partial charge in [-0.25, -0.2) is 0 Å². The summed E-state index contributed by atoms with van der Waals surface area (Å²) in [6, 6.07) is 5.99. The Kier molecular flexibility index (Phi) is 3.57. The topological polar surface area (TPSA) is 29.5 Å². The second kappa shape index (κ2) is 4.96. The van der Waals surface area contributed by atoms with E-state index in [0.29, 0.717) is 19.1 Å². The van der Waals surface area contributed by atoms with Crippen LogP contribution in [0.1, 0.15) is 25.3 Å². The Hall–Kier alpha value is -1.22. The van der Waals surface area contributed by atoms with Gasteiger partial charge in [-0.3, -0.25) is 4.79 Å². The summed E-state index contributed by atoms with van der Waals surface area (Å²) < 4.78 is 5.55. The molecule has 92 valence electrons. The van der Waals surface area contributed by atoms with E-state index in [4.69, 9.17) is 16.3 Å². The van der Waals surface area contributed by atoms with Crippen LogP contribution in [0.15, 0.2) is 18.2 Å². The van der Waals surface area contributed by atoms with Crippen molar-refractivity contribution < 1.29 is 9.53 Å². The van der Waals surface area contributed by atoms with Gasteiger partial charge in [0, 0.05) is 0 Å². The molecule has 0 spiro atoms. The van der Waals surface area contributed by atoms with E-state index in [1.807, 2.05) is 18.2 Å². The number of anilines is 1. The van der Waals surface area contributed by atoms with E-state index >= 15 is 0 Å². The average Bonchev–Trinajstić information content (AvgIpc) is 2.36. The number of carbonyl (C=O) groups is 1. The molecular weight excluding hydrogens is 238 g/mol. The van der Waals surface area contributed by atoms with Gasteiger partial charge < -0.3 is 9.64 Å². The van der Waals surface area contributed by atoms with Crippen LogP contribution in [-0.2, 0) is 4.79 Å². The first-order valence-electron chi connectivity index (χ1n) is 5.76. The summed E-state index contributed by atoms with van der Waals surface area (Å²) in [6.45, 7) is 5.34. The summed E-state index contributed by atoms with van der Waals surface area (Å²) in [6.07, 6.45) is 0. The van der Waals surface area contributed by atoms with Crippen LogP contribution in [0.5, 0.6) is 5.75 Å². The van der Waals surface area contributed by atoms with Crippen molar-refractivity contribution in [2.24, 2.45) is 0 Å². The third-order valence-electron chi connectivity index (χ3n) is 2.93. The lowest BCUT2D eigenvalue weighted by Crippen LogP contribution is -2.38. The van der Waals surface area contributed by atoms with Crippen LogP contribution in [0.4, 0.5) is 5.69 Å². The normalized spacial score (nSPS) is 14.5. The zero-order valence-electron chi connectivity index (χ0n) is 10.1. The standard InChI is InChI=1S/C13H16ClNO2/c1-9(2)10-3-4-12-11(7-10)15(5-6-17-12)13(16)8-14/h3-4,7,9H,5-6,8H2,1-2H3. The molecule has 0 saturated heterocycles. The lowest BCUT2D eigenvalue weighted by Gasteiger charge is -2.29. The summed E-state index contributed by atoms with van der Waals surface area (Å²) in [5.74, 6) is 1.12. The summed E-state index contributed by atoms with van der Waals surface area (Å²) in [7, 11) is 0. The molecule has 4 heteroatoms. The van der Waals surface area contributed by atoms with Crippen molar-refractivity contribution in [2.45, 2.75) is 19.8 Å². The number of halogens is 1. The van der Waals surface area contributed by atoms with Crippen molar-refractivity contribution in [3.63, 3.8) is 0 Å². The molecule has 1 heterocycles. The van der Waals surface area contributed by atoms with Crippen molar-refractivity contribution in [2.75, 3.05) is 23.9 Å². The van der Waals surface area contributed by atoms with E-state index in [0.717, 1.165) is 11.4 Å². The Balaban J connectivity index is 2.40. The number of alkyl halides is 1. The Labute approximate surface area is 106 Å². The predicted octanol–water partition coefficient (Wildman–Crippen LogP) is 2.77. The second-order valence-corrected chi connectivity index (χ2v) is 4.68. The fourth-order valence-corrected chi connectivity index (χ4v) is 2.07. The van der Waals surface area contributed by atoms with Crippen LogP contribution in [0.3, 0.4) is 0 Å². The van der Waals surface area contributed by atoms with E-state index < -0.39 is 0 Å². The van der Waals surface area contributed by atoms with E-state index in [9.17, 15) is 4.79 Å². The molecule has 0 fully saturated rings. The second-order valence-electron chi connectivity index (χ2n) is 4.41. The van der Waals surface area contributed by atoms with Crippen molar-refractivity contribution in [1.82, 2.24) is 0 Å². The third kappa shape index (κ3) is 2.39. The SMILES string of the molecule is CC(C)c1ccc2c(c1)N(C(=O)CCl)CCO2. The summed E-state index contributed by atoms with van der Waals surface area (Å²) >= 11 is 5.62. The quantitative estimate of drug-likeness (QED) is 0.759. The number of amides is 1. The minimum Gasteiger partial charge on any atom is -0.490 e. The van der Waals surface area contributed by atoms with Crippen molar-refractivity contribution in [1.29, 1.82) is 0 Å². The van der Waals surface area contributed by atoms with Gasteiger partial charge in [-0.05, 0) is 23.6 Å². The molecule has 0 saturated carbocycles. The first-order chi connectivity index (χ1) is 8.13. The molecule has 1 aliphatic rings. The van der Waals surface area contributed by atoms with Gasteiger partial charge in [-0.15, -0.1) is 11.6 Å². The summed E-state index contributed by atoms with van der Waals surface area (Å²) in [5.41, 5.74) is 2.04. The Morgan fingerprint density at radius 3 is 2.94 bits per heavy atom. The Morgan fingerprint density at radius 1 is 1.53 bits per heavy atom. The number of rotatable bonds is 2. The molecule has 3 nitrogen and oxygen atoms in total. The van der Waals surface area contributed by atoms with Crippen LogP contribution in [0.25, 0.3) is 0 Å². The van der Waals surface area contributed by atoms with Gasteiger partial charge in [0.2, 0.25) is 5.91 Å². The van der Waals surface area contributed by atoms with Crippen molar-refractivity contribution in [3.05, 3.63) is 23.8 Å². The van der Waals surface area contributed by atoms with Gasteiger partial charge in [0.1, 0.15) is 18.2 Å². The highest BCUT2D eigenvalue weighted by Gasteiger charge is 2.23. The van der Waals surface area contributed by atoms with Crippen molar-refractivity contribution >= 4 is 23.2 Å². The first kappa shape index (κ1) is 12.2. The maximum atomic E-state index is 11.7. The zero-order chi connectivity index (χ0) is 12.4. The molecule has 0 aliphatic carbocycles. The molecular formula is C13H16ClNO2. The maximum absolute atomic E-state index is 11.7. The van der Waals surface area contributed by atoms with E-state index in [-0.39, 0.29) is 11.8 Å². The highest BCUT2D eigenvalue weighted by molar-refractivity contribution is 6.29. The Morgan fingerprint density at radius 2 is 2.29 bits per heavy atom. The molecule has 17 heavy (non-hydrogen) atoms. The van der Waals surface area contributed by atoms with Gasteiger partial charge in [0.15, 0.2) is 0 Å². The molecule has 1 aromatic rings. The maximum Gasteiger partial charge on any atom is 0.242 e. The lowest BCUT2D eigenvalue weighted by atomic mass is 10.0. The molecule has 0 radical (unpaired) electrons. The molecule has 0 unspecified atom stereocenters. The van der Waals surface area contributed by atoms with Gasteiger partial charge in [0.25, 0.3) is 0 Å². The van der Waals surface area contributed by atoms with E-state index in [2.05, 4.69) is 13.8 Å². The van der Waals surface area contributed by atoms with Crippen LogP contribution in [0, 0.1) is 0 Å². The van der Waals surface area contributed by atoms with Crippen LogP contribution in [-0.4, -0.2) is 24.9 Å². The fourth-order valence-electron chi connectivity index (χ4n) is 1.93. The smallest absolute Gasteiger partial charge is 0.242 e. The fraction of sp³-hybridized carbons (Fsp3) is 0.462. The summed E-state index contributed by atoms with van der Waals surface area (Å²) in [5, 5.41) is 0. The van der Waals surface area contributed by atoms with Gasteiger partial charge in [-0.2, -0.15) is 0 Å². The van der Waals surface area contributed by atoms with Crippen LogP contribution >= 0.6 is 11.6 Å². The van der Waals surface area contributed by atoms with Crippen molar-refractivity contribution in [3.8, 4) is 5.75 Å². The molecule has 2 rings (SSSR count). The van der Waals surface area contributed by atoms with Gasteiger partial charge >= 0.3 is 0 Å². The van der Waals surface area contributed by atoms with E-state index in [1.54, 1.807) is 4.90 Å². The number of nitrogens with zero attached hydrogens (tertiary/aromatic N) is 1. The molecule has 0 atom stereocenters. The average molecular weight is 254 g/mol. The number of hydrogen-bond donors (Lipinski definition) is 0. The number of hydrogen-bond acceptors (Lipinski definition) is 2. The highest BCUT2D eigenvalue weighted by atomic mass is 35.5. The number of carbonyl (C=O) groups excluding carboxylic acids is 1. The lowest BCUT2D eigenvalue weighted by molar-refractivity contribution is -0.116. The van der Waals surface area contributed by atoms with Crippen LogP contribution in [0.2, 0.25) is 0 Å². The van der Waals surface area contributed by atoms with E-state index in [1.165, 1.54) is 5.56 Å². The minimum atomic E-state index is -0.0721. The monoisotopic (exact) mass is 253 g/mol. The largest absolute Gasteiger partial charge is 0.490 e. The highest BCUT2D eigenvalue weighted by Crippen LogP contribution is 2.34. The number of benzene rings is 1. The number of fused-ring (bicyclic) bond motifs is 1. The molecule has 1 aromatic carbocycles. The Bertz CT molecular complexity index is 431. The first-order valence-corrected chi connectivity index (χ1v) is 6.30. The molecule has 1 amide bonds. The van der Waals surface area contributed by atoms with Crippen LogP contribution < -0.4 is 9.64 Å². The van der Waals surface area contributed by atoms with Gasteiger partial charge in [-0.1, -0.05) is 19.9 Å². The minimum absolute atomic E-state index is 0.00530. The zero-order valence-corrected chi connectivity index (χ0v) is 10.8. The number of ether oxygens (including phenoxy) is 1.